The molecular formula is C20H23N5O3. The zero-order valence-corrected chi connectivity index (χ0v) is 15.9. The fourth-order valence-corrected chi connectivity index (χ4v) is 2.99. The zero-order valence-electron chi connectivity index (χ0n) is 15.9. The Morgan fingerprint density at radius 2 is 2.07 bits per heavy atom. The molecule has 0 aliphatic heterocycles. The van der Waals surface area contributed by atoms with Crippen molar-refractivity contribution in [2.75, 3.05) is 11.4 Å². The van der Waals surface area contributed by atoms with Crippen molar-refractivity contribution in [1.82, 2.24) is 19.6 Å². The molecule has 3 rings (SSSR count). The smallest absolute Gasteiger partial charge is 0.411 e. The highest BCUT2D eigenvalue weighted by atomic mass is 16.4. The molecule has 1 amide bonds. The summed E-state index contributed by atoms with van der Waals surface area (Å²) in [4.78, 5) is 24.9. The van der Waals surface area contributed by atoms with Gasteiger partial charge in [0, 0.05) is 37.5 Å². The summed E-state index contributed by atoms with van der Waals surface area (Å²) in [5.41, 5.74) is 2.41. The van der Waals surface area contributed by atoms with Crippen molar-refractivity contribution in [1.29, 1.82) is 0 Å². The summed E-state index contributed by atoms with van der Waals surface area (Å²) in [6.07, 6.45) is 5.50. The minimum atomic E-state index is -1.01. The normalized spacial score (nSPS) is 10.8. The van der Waals surface area contributed by atoms with E-state index >= 15 is 0 Å². The van der Waals surface area contributed by atoms with Gasteiger partial charge in [-0.15, -0.1) is 0 Å². The van der Waals surface area contributed by atoms with E-state index in [2.05, 4.69) is 17.1 Å². The maximum absolute atomic E-state index is 12.3. The molecule has 2 heterocycles. The molecule has 1 N–H and O–H groups in total. The van der Waals surface area contributed by atoms with Crippen molar-refractivity contribution in [3.8, 4) is 5.69 Å². The number of rotatable bonds is 7. The van der Waals surface area contributed by atoms with E-state index in [1.54, 1.807) is 42.2 Å². The Morgan fingerprint density at radius 3 is 2.79 bits per heavy atom. The first-order valence-corrected chi connectivity index (χ1v) is 9.23. The number of anilines is 1. The molecule has 8 heteroatoms. The first-order chi connectivity index (χ1) is 13.5. The monoisotopic (exact) mass is 381 g/mol. The molecular weight excluding hydrogens is 358 g/mol. The number of hydrogen-bond acceptors (Lipinski definition) is 4. The number of carboxylic acid groups (broad SMARTS) is 1. The van der Waals surface area contributed by atoms with Crippen LogP contribution in [-0.2, 0) is 13.0 Å². The van der Waals surface area contributed by atoms with Crippen LogP contribution in [0.3, 0.4) is 0 Å². The Hall–Kier alpha value is -3.42. The number of aryl methyl sites for hydroxylation is 1. The maximum Gasteiger partial charge on any atom is 0.411 e. The topological polar surface area (TPSA) is 93.2 Å². The number of benzene rings is 1. The summed E-state index contributed by atoms with van der Waals surface area (Å²) in [5.74, 6) is 0. The van der Waals surface area contributed by atoms with Crippen LogP contribution < -0.4 is 10.3 Å². The van der Waals surface area contributed by atoms with Crippen molar-refractivity contribution in [3.63, 3.8) is 0 Å². The van der Waals surface area contributed by atoms with Crippen molar-refractivity contribution < 1.29 is 9.90 Å². The van der Waals surface area contributed by atoms with Crippen LogP contribution in [0.15, 0.2) is 53.7 Å². The molecule has 0 saturated carbocycles. The fourth-order valence-electron chi connectivity index (χ4n) is 2.99. The summed E-state index contributed by atoms with van der Waals surface area (Å²) in [6.45, 7) is 5.01. The SMILES string of the molecule is CCCn1cc(-n2ccc(=O)c(Cc3cccc(N(CC)C(=O)O)c3)n2)cn1. The van der Waals surface area contributed by atoms with Crippen LogP contribution in [0.1, 0.15) is 31.5 Å². The molecule has 0 aliphatic carbocycles. The van der Waals surface area contributed by atoms with Crippen LogP contribution in [-0.4, -0.2) is 37.3 Å². The number of carbonyl (C=O) groups is 1. The van der Waals surface area contributed by atoms with Crippen molar-refractivity contribution in [2.45, 2.75) is 33.2 Å². The summed E-state index contributed by atoms with van der Waals surface area (Å²) in [6, 6.07) is 8.64. The van der Waals surface area contributed by atoms with Gasteiger partial charge < -0.3 is 5.11 Å². The maximum atomic E-state index is 12.3. The molecule has 0 unspecified atom stereocenters. The standard InChI is InChI=1S/C20H23N5O3/c1-3-9-23-14-17(13-21-23)25-10-8-19(26)18(22-25)12-15-6-5-7-16(11-15)24(4-2)20(27)28/h5-8,10-11,13-14H,3-4,9,12H2,1-2H3,(H,27,28). The Labute approximate surface area is 162 Å². The van der Waals surface area contributed by atoms with Crippen LogP contribution in [0.25, 0.3) is 5.69 Å². The van der Waals surface area contributed by atoms with E-state index < -0.39 is 6.09 Å². The molecule has 0 fully saturated rings. The van der Waals surface area contributed by atoms with Crippen molar-refractivity contribution in [3.05, 3.63) is 70.4 Å². The first-order valence-electron chi connectivity index (χ1n) is 9.23. The van der Waals surface area contributed by atoms with Crippen LogP contribution in [0.5, 0.6) is 0 Å². The quantitative estimate of drug-likeness (QED) is 0.679. The number of nitrogens with zero attached hydrogens (tertiary/aromatic N) is 5. The second-order valence-corrected chi connectivity index (χ2v) is 6.41. The molecule has 0 radical (unpaired) electrons. The predicted octanol–water partition coefficient (Wildman–Crippen LogP) is 2.93. The molecule has 146 valence electrons. The summed E-state index contributed by atoms with van der Waals surface area (Å²) >= 11 is 0. The van der Waals surface area contributed by atoms with Gasteiger partial charge in [0.2, 0.25) is 5.43 Å². The van der Waals surface area contributed by atoms with Gasteiger partial charge in [-0.3, -0.25) is 14.4 Å². The molecule has 0 saturated heterocycles. The Morgan fingerprint density at radius 1 is 1.25 bits per heavy atom. The van der Waals surface area contributed by atoms with Gasteiger partial charge in [0.15, 0.2) is 0 Å². The predicted molar refractivity (Wildman–Crippen MR) is 106 cm³/mol. The minimum Gasteiger partial charge on any atom is -0.465 e. The molecule has 0 aliphatic rings. The van der Waals surface area contributed by atoms with Gasteiger partial charge >= 0.3 is 6.09 Å². The van der Waals surface area contributed by atoms with Gasteiger partial charge in [0.05, 0.1) is 12.4 Å². The third-order valence-electron chi connectivity index (χ3n) is 4.36. The van der Waals surface area contributed by atoms with Gasteiger partial charge in [-0.05, 0) is 31.0 Å². The molecule has 0 atom stereocenters. The highest BCUT2D eigenvalue weighted by Gasteiger charge is 2.13. The number of hydrogen-bond donors (Lipinski definition) is 1. The van der Waals surface area contributed by atoms with E-state index in [9.17, 15) is 14.7 Å². The van der Waals surface area contributed by atoms with E-state index in [1.807, 2.05) is 16.9 Å². The average Bonchev–Trinajstić information content (AvgIpc) is 3.13. The Balaban J connectivity index is 1.88. The third-order valence-corrected chi connectivity index (χ3v) is 4.36. The van der Waals surface area contributed by atoms with E-state index in [0.29, 0.717) is 24.3 Å². The largest absolute Gasteiger partial charge is 0.465 e. The molecule has 0 spiro atoms. The van der Waals surface area contributed by atoms with Gasteiger partial charge in [0.25, 0.3) is 0 Å². The molecule has 3 aromatic rings. The second kappa shape index (κ2) is 8.51. The first kappa shape index (κ1) is 19.3. The summed E-state index contributed by atoms with van der Waals surface area (Å²) in [7, 11) is 0. The highest BCUT2D eigenvalue weighted by Crippen LogP contribution is 2.18. The zero-order chi connectivity index (χ0) is 20.1. The van der Waals surface area contributed by atoms with E-state index in [1.165, 1.54) is 11.0 Å². The Bertz CT molecular complexity index is 1020. The molecule has 0 bridgehead atoms. The van der Waals surface area contributed by atoms with E-state index in [-0.39, 0.29) is 5.43 Å². The molecule has 1 aromatic carbocycles. The Kier molecular flexibility index (Phi) is 5.88. The molecule has 8 nitrogen and oxygen atoms in total. The van der Waals surface area contributed by atoms with Gasteiger partial charge in [-0.2, -0.15) is 10.2 Å². The van der Waals surface area contributed by atoms with Crippen LogP contribution in [0.2, 0.25) is 0 Å². The minimum absolute atomic E-state index is 0.159. The van der Waals surface area contributed by atoms with Crippen molar-refractivity contribution >= 4 is 11.8 Å². The van der Waals surface area contributed by atoms with Gasteiger partial charge in [-0.1, -0.05) is 19.1 Å². The molecule has 28 heavy (non-hydrogen) atoms. The van der Waals surface area contributed by atoms with Crippen LogP contribution in [0, 0.1) is 0 Å². The highest BCUT2D eigenvalue weighted by molar-refractivity contribution is 5.85. The van der Waals surface area contributed by atoms with Gasteiger partial charge in [0.1, 0.15) is 11.4 Å². The summed E-state index contributed by atoms with van der Waals surface area (Å²) < 4.78 is 3.47. The fraction of sp³-hybridized carbons (Fsp3) is 0.300. The summed E-state index contributed by atoms with van der Waals surface area (Å²) in [5, 5.41) is 18.1. The second-order valence-electron chi connectivity index (χ2n) is 6.41. The lowest BCUT2D eigenvalue weighted by atomic mass is 10.1. The van der Waals surface area contributed by atoms with Crippen molar-refractivity contribution in [2.24, 2.45) is 0 Å². The third kappa shape index (κ3) is 4.28. The van der Waals surface area contributed by atoms with E-state index in [0.717, 1.165) is 24.2 Å². The van der Waals surface area contributed by atoms with Crippen LogP contribution >= 0.6 is 0 Å². The molecule has 2 aromatic heterocycles. The van der Waals surface area contributed by atoms with Crippen LogP contribution in [0.4, 0.5) is 10.5 Å². The lowest BCUT2D eigenvalue weighted by molar-refractivity contribution is 0.202. The average molecular weight is 381 g/mol. The van der Waals surface area contributed by atoms with E-state index in [4.69, 9.17) is 0 Å². The van der Waals surface area contributed by atoms with Gasteiger partial charge in [-0.25, -0.2) is 9.48 Å². The lowest BCUT2D eigenvalue weighted by Gasteiger charge is -2.17. The number of aromatic nitrogens is 4. The number of amides is 1. The lowest BCUT2D eigenvalue weighted by Crippen LogP contribution is -2.28.